The zero-order chi connectivity index (χ0) is 28.7. The van der Waals surface area contributed by atoms with Crippen molar-refractivity contribution < 1.29 is 39.9 Å². The molecule has 2 aromatic carbocycles. The fourth-order valence-corrected chi connectivity index (χ4v) is 8.17. The summed E-state index contributed by atoms with van der Waals surface area (Å²) in [6, 6.07) is 4.93. The molecule has 0 unspecified atom stereocenters. The van der Waals surface area contributed by atoms with Crippen LogP contribution in [-0.4, -0.2) is 50.9 Å². The van der Waals surface area contributed by atoms with Crippen LogP contribution in [0.5, 0.6) is 0 Å². The number of amidine groups is 1. The molecule has 2 heterocycles. The lowest BCUT2D eigenvalue weighted by molar-refractivity contribution is -0.134. The number of sulfonamides is 2. The molecule has 2 aliphatic heterocycles. The molecular weight excluding hydrogens is 573 g/mol. The van der Waals surface area contributed by atoms with E-state index in [1.54, 1.807) is 0 Å². The molecule has 4 atom stereocenters. The second-order valence-electron chi connectivity index (χ2n) is 10.5. The van der Waals surface area contributed by atoms with E-state index in [2.05, 4.69) is 14.4 Å². The topological polar surface area (TPSA) is 145 Å². The van der Waals surface area contributed by atoms with Crippen LogP contribution in [0, 0.1) is 35.2 Å². The predicted molar refractivity (Wildman–Crippen MR) is 138 cm³/mol. The molecule has 15 heteroatoms. The summed E-state index contributed by atoms with van der Waals surface area (Å²) in [5.41, 5.74) is -0.711. The van der Waals surface area contributed by atoms with Gasteiger partial charge in [0.15, 0.2) is 23.3 Å². The van der Waals surface area contributed by atoms with Gasteiger partial charge in [-0.05, 0) is 55.4 Å². The minimum atomic E-state index is -4.47. The number of carbonyl (C=O) groups excluding carboxylic acids is 1. The predicted octanol–water partition coefficient (Wildman–Crippen LogP) is 3.26. The maximum Gasteiger partial charge on any atom is 0.286 e. The Morgan fingerprint density at radius 2 is 1.85 bits per heavy atom. The third kappa shape index (κ3) is 4.22. The van der Waals surface area contributed by atoms with Gasteiger partial charge in [-0.15, -0.1) is 4.40 Å². The molecule has 3 N–H and O–H groups in total. The van der Waals surface area contributed by atoms with Crippen molar-refractivity contribution in [3.8, 4) is 0 Å². The zero-order valence-corrected chi connectivity index (χ0v) is 22.5. The molecule has 0 aromatic heterocycles. The Bertz CT molecular complexity index is 1760. The van der Waals surface area contributed by atoms with E-state index in [1.807, 2.05) is 0 Å². The highest BCUT2D eigenvalue weighted by molar-refractivity contribution is 7.92. The number of hydrogen-bond donors (Lipinski definition) is 3. The molecule has 0 saturated heterocycles. The summed E-state index contributed by atoms with van der Waals surface area (Å²) in [5, 5.41) is 14.1. The fourth-order valence-electron chi connectivity index (χ4n) is 6.47. The van der Waals surface area contributed by atoms with Gasteiger partial charge in [-0.1, -0.05) is 6.07 Å². The summed E-state index contributed by atoms with van der Waals surface area (Å²) in [6.45, 7) is -0.430. The Kier molecular flexibility index (Phi) is 5.96. The number of anilines is 2. The number of aliphatic hydroxyl groups is 1. The summed E-state index contributed by atoms with van der Waals surface area (Å²) in [4.78, 5) is 14.8. The first-order valence-electron chi connectivity index (χ1n) is 12.4. The number of aliphatic hydroxyl groups excluding tert-OH is 1. The van der Waals surface area contributed by atoms with E-state index in [1.165, 1.54) is 17.0 Å². The van der Waals surface area contributed by atoms with Gasteiger partial charge in [0.2, 0.25) is 10.0 Å². The third-order valence-electron chi connectivity index (χ3n) is 8.00. The Hall–Kier alpha value is -3.59. The number of hydrogen-bond acceptors (Lipinski definition) is 7. The van der Waals surface area contributed by atoms with Crippen LogP contribution in [0.25, 0.3) is 0 Å². The van der Waals surface area contributed by atoms with Gasteiger partial charge in [-0.3, -0.25) is 9.52 Å². The summed E-state index contributed by atoms with van der Waals surface area (Å²) in [5.74, 6) is -6.70. The number of fused-ring (bicyclic) bond motifs is 6. The van der Waals surface area contributed by atoms with Crippen LogP contribution >= 0.6 is 0 Å². The molecule has 4 aliphatic rings. The fraction of sp³-hybridized carbons (Fsp3) is 0.360. The number of amides is 1. The number of benzene rings is 2. The van der Waals surface area contributed by atoms with Gasteiger partial charge < -0.3 is 15.3 Å². The van der Waals surface area contributed by atoms with E-state index in [9.17, 15) is 39.9 Å². The Morgan fingerprint density at radius 1 is 1.12 bits per heavy atom. The third-order valence-corrected chi connectivity index (χ3v) is 9.92. The van der Waals surface area contributed by atoms with Crippen molar-refractivity contribution in [3.05, 3.63) is 64.7 Å². The van der Waals surface area contributed by atoms with Crippen molar-refractivity contribution >= 4 is 43.2 Å². The van der Waals surface area contributed by atoms with Crippen molar-refractivity contribution in [1.82, 2.24) is 4.90 Å². The summed E-state index contributed by atoms with van der Waals surface area (Å²) < 4.78 is 97.5. The van der Waals surface area contributed by atoms with Crippen LogP contribution in [-0.2, 0) is 31.4 Å². The highest BCUT2D eigenvalue weighted by Gasteiger charge is 2.57. The van der Waals surface area contributed by atoms with Crippen LogP contribution in [0.3, 0.4) is 0 Å². The maximum absolute atomic E-state index is 14.6. The molecule has 2 saturated carbocycles. The van der Waals surface area contributed by atoms with Crippen LogP contribution in [0.2, 0.25) is 0 Å². The number of carbonyl (C=O) groups is 1. The molecule has 212 valence electrons. The highest BCUT2D eigenvalue weighted by atomic mass is 32.2. The molecule has 2 fully saturated rings. The maximum atomic E-state index is 14.6. The van der Waals surface area contributed by atoms with E-state index in [0.29, 0.717) is 6.42 Å². The van der Waals surface area contributed by atoms with Crippen molar-refractivity contribution in [2.45, 2.75) is 36.7 Å². The quantitative estimate of drug-likeness (QED) is 0.450. The van der Waals surface area contributed by atoms with Crippen molar-refractivity contribution in [1.29, 1.82) is 0 Å². The summed E-state index contributed by atoms with van der Waals surface area (Å²) >= 11 is 0. The van der Waals surface area contributed by atoms with Gasteiger partial charge in [-0.25, -0.2) is 21.6 Å². The Labute approximate surface area is 227 Å². The molecule has 2 aromatic rings. The van der Waals surface area contributed by atoms with Gasteiger partial charge in [0.05, 0.1) is 11.9 Å². The number of halogens is 3. The van der Waals surface area contributed by atoms with E-state index in [4.69, 9.17) is 0 Å². The van der Waals surface area contributed by atoms with Crippen LogP contribution in [0.15, 0.2) is 51.0 Å². The van der Waals surface area contributed by atoms with Gasteiger partial charge in [0, 0.05) is 29.8 Å². The smallest absolute Gasteiger partial charge is 0.286 e. The molecule has 1 amide bonds. The molecule has 0 spiro atoms. The summed E-state index contributed by atoms with van der Waals surface area (Å²) in [6.07, 6.45) is 3.12. The van der Waals surface area contributed by atoms with Crippen LogP contribution in [0.4, 0.5) is 24.5 Å². The number of nitrogens with zero attached hydrogens (tertiary/aromatic N) is 2. The van der Waals surface area contributed by atoms with Gasteiger partial charge in [0.25, 0.3) is 15.9 Å². The Balaban J connectivity index is 1.42. The van der Waals surface area contributed by atoms with Crippen molar-refractivity contribution in [2.24, 2.45) is 22.2 Å². The van der Waals surface area contributed by atoms with Gasteiger partial charge in [-0.2, -0.15) is 8.42 Å². The number of rotatable bonds is 5. The second-order valence-corrected chi connectivity index (χ2v) is 13.8. The van der Waals surface area contributed by atoms with E-state index in [0.717, 1.165) is 37.3 Å². The monoisotopic (exact) mass is 596 g/mol. The van der Waals surface area contributed by atoms with Gasteiger partial charge >= 0.3 is 0 Å². The lowest BCUT2D eigenvalue weighted by atomic mass is 9.77. The molecule has 10 nitrogen and oxygen atoms in total. The van der Waals surface area contributed by atoms with Crippen molar-refractivity contribution in [3.63, 3.8) is 0 Å². The van der Waals surface area contributed by atoms with E-state index in [-0.39, 0.29) is 39.4 Å². The SMILES string of the molecule is CS(=O)(=O)Nc1ccc2c(c1)S(=O)(=O)N=C(C1=C(O)[C@@H]3[C@H]4CC[C@H](C4)[C@@H]3N(Cc3ccc(F)c(F)c3F)C1=O)N2. The first-order valence-corrected chi connectivity index (χ1v) is 15.7. The molecular formula is C25H23F3N4O6S2. The van der Waals surface area contributed by atoms with Crippen LogP contribution in [0.1, 0.15) is 24.8 Å². The van der Waals surface area contributed by atoms with E-state index < -0.39 is 73.3 Å². The lowest BCUT2D eigenvalue weighted by Gasteiger charge is -2.44. The highest BCUT2D eigenvalue weighted by Crippen LogP contribution is 2.55. The standard InChI is InChI=1S/C25H23F3N4O6S2/c1-39(35,36)30-14-5-7-16-17(9-14)40(37,38)31-24(29-16)19-23(33)18-11-2-3-12(8-11)22(18)32(25(19)34)10-13-4-6-15(26)21(28)20(13)27/h4-7,9,11-12,18,22,30,33H,2-3,8,10H2,1H3,(H,29,31)/t11-,12+,18+,22-/m0/s1. The first-order chi connectivity index (χ1) is 18.7. The minimum absolute atomic E-state index is 0.00887. The zero-order valence-electron chi connectivity index (χ0n) is 20.9. The Morgan fingerprint density at radius 3 is 2.58 bits per heavy atom. The average molecular weight is 597 g/mol. The molecule has 2 bridgehead atoms. The van der Waals surface area contributed by atoms with Crippen molar-refractivity contribution in [2.75, 3.05) is 16.3 Å². The number of nitrogens with one attached hydrogen (secondary N) is 2. The molecule has 0 radical (unpaired) electrons. The molecule has 6 rings (SSSR count). The van der Waals surface area contributed by atoms with Gasteiger partial charge in [0.1, 0.15) is 16.2 Å². The van der Waals surface area contributed by atoms with Crippen LogP contribution < -0.4 is 10.0 Å². The lowest BCUT2D eigenvalue weighted by Crippen LogP contribution is -2.53. The second kappa shape index (κ2) is 8.96. The molecule has 40 heavy (non-hydrogen) atoms. The first kappa shape index (κ1) is 26.6. The normalized spacial score (nSPS) is 26.8. The van der Waals surface area contributed by atoms with E-state index >= 15 is 0 Å². The average Bonchev–Trinajstić information content (AvgIpc) is 3.48. The summed E-state index contributed by atoms with van der Waals surface area (Å²) in [7, 11) is -8.17. The largest absolute Gasteiger partial charge is 0.511 e. The molecule has 2 aliphatic carbocycles. The minimum Gasteiger partial charge on any atom is -0.511 e.